The molecule has 0 saturated heterocycles. The lowest BCUT2D eigenvalue weighted by atomic mass is 10.3. The molecule has 0 aliphatic heterocycles. The third-order valence-corrected chi connectivity index (χ3v) is 1.18. The summed E-state index contributed by atoms with van der Waals surface area (Å²) in [6.45, 7) is 3.53. The summed E-state index contributed by atoms with van der Waals surface area (Å²) in [6, 6.07) is 6.15. The molecule has 1 aromatic carbocycles. The molecule has 0 aliphatic rings. The normalized spacial score (nSPS) is 7.94. The molecule has 0 bridgehead atoms. The zero-order valence-corrected chi connectivity index (χ0v) is 9.42. The van der Waals surface area contributed by atoms with Crippen molar-refractivity contribution in [2.75, 3.05) is 6.61 Å². The highest BCUT2D eigenvalue weighted by Gasteiger charge is 1.90. The number of hydrogen-bond acceptors (Lipinski definition) is 4. The van der Waals surface area contributed by atoms with Crippen LogP contribution >= 0.6 is 0 Å². The fraction of sp³-hybridized carbons (Fsp3) is 0.364. The molecule has 0 amide bonds. The molecule has 0 radical (unpaired) electrons. The number of aliphatic carboxylic acids is 1. The maximum absolute atomic E-state index is 9.37. The molecule has 5 heteroatoms. The first-order valence-electron chi connectivity index (χ1n) is 4.79. The molecule has 0 fully saturated rings. The second-order valence-corrected chi connectivity index (χ2v) is 2.55. The summed E-state index contributed by atoms with van der Waals surface area (Å²) >= 11 is 0. The number of aliphatic hydroxyl groups excluding tert-OH is 1. The lowest BCUT2D eigenvalue weighted by molar-refractivity contribution is -0.136. The van der Waals surface area contributed by atoms with Crippen LogP contribution in [0.3, 0.4) is 0 Å². The van der Waals surface area contributed by atoms with Crippen molar-refractivity contribution in [1.29, 1.82) is 0 Å². The van der Waals surface area contributed by atoms with Crippen LogP contribution in [0.5, 0.6) is 11.5 Å². The van der Waals surface area contributed by atoms with Gasteiger partial charge in [0, 0.05) is 13.0 Å². The van der Waals surface area contributed by atoms with Crippen molar-refractivity contribution >= 4 is 5.97 Å². The topological polar surface area (TPSA) is 98.0 Å². The monoisotopic (exact) mass is 230 g/mol. The van der Waals surface area contributed by atoms with E-state index in [2.05, 4.69) is 0 Å². The number of aromatic hydroxyl groups is 2. The summed E-state index contributed by atoms with van der Waals surface area (Å²) in [5, 5.41) is 32.6. The Hall–Kier alpha value is -1.75. The zero-order chi connectivity index (χ0) is 13.0. The Morgan fingerprint density at radius 1 is 1.12 bits per heavy atom. The van der Waals surface area contributed by atoms with E-state index in [0.29, 0.717) is 0 Å². The van der Waals surface area contributed by atoms with Gasteiger partial charge in [0.05, 0.1) is 0 Å². The standard InChI is InChI=1S/C6H6O2.C3H6O2.C2H6O/c7-5-3-1-2-4-6(5)8;1-2-3(4)5;1-2-3/h1-4,7-8H;2H2,1H3,(H,4,5);3H,2H2,1H3. The molecular formula is C11H18O5. The molecule has 0 saturated carbocycles. The van der Waals surface area contributed by atoms with Crippen LogP contribution in [-0.2, 0) is 4.79 Å². The highest BCUT2D eigenvalue weighted by Crippen LogP contribution is 2.21. The molecular weight excluding hydrogens is 212 g/mol. The van der Waals surface area contributed by atoms with Gasteiger partial charge in [0.15, 0.2) is 11.5 Å². The number of rotatable bonds is 1. The van der Waals surface area contributed by atoms with Gasteiger partial charge >= 0.3 is 5.97 Å². The number of para-hydroxylation sites is 2. The second kappa shape index (κ2) is 11.3. The molecule has 4 N–H and O–H groups in total. The number of hydrogen-bond donors (Lipinski definition) is 4. The van der Waals surface area contributed by atoms with Gasteiger partial charge in [-0.05, 0) is 19.1 Å². The summed E-state index contributed by atoms with van der Waals surface area (Å²) in [4.78, 5) is 9.37. The Morgan fingerprint density at radius 3 is 1.50 bits per heavy atom. The largest absolute Gasteiger partial charge is 0.504 e. The van der Waals surface area contributed by atoms with Crippen LogP contribution in [0, 0.1) is 0 Å². The third-order valence-electron chi connectivity index (χ3n) is 1.18. The van der Waals surface area contributed by atoms with Crippen LogP contribution in [0.1, 0.15) is 20.3 Å². The van der Waals surface area contributed by atoms with Gasteiger partial charge < -0.3 is 20.4 Å². The Morgan fingerprint density at radius 2 is 1.38 bits per heavy atom. The summed E-state index contributed by atoms with van der Waals surface area (Å²) in [7, 11) is 0. The molecule has 0 spiro atoms. The number of carboxylic acids is 1. The predicted octanol–water partition coefficient (Wildman–Crippen LogP) is 1.58. The van der Waals surface area contributed by atoms with Crippen LogP contribution in [-0.4, -0.2) is 33.0 Å². The molecule has 0 aromatic heterocycles. The van der Waals surface area contributed by atoms with Gasteiger partial charge in [0.25, 0.3) is 0 Å². The number of phenols is 2. The first kappa shape index (κ1) is 16.7. The summed E-state index contributed by atoms with van der Waals surface area (Å²) in [5.41, 5.74) is 0. The quantitative estimate of drug-likeness (QED) is 0.549. The lowest BCUT2D eigenvalue weighted by Gasteiger charge is -1.91. The van der Waals surface area contributed by atoms with Gasteiger partial charge in [-0.3, -0.25) is 4.79 Å². The SMILES string of the molecule is CCC(=O)O.CCO.Oc1ccccc1O. The molecule has 0 heterocycles. The van der Waals surface area contributed by atoms with Crippen LogP contribution in [0.15, 0.2) is 24.3 Å². The Bertz CT molecular complexity index is 264. The first-order chi connectivity index (χ1) is 7.49. The average molecular weight is 230 g/mol. The molecule has 0 aliphatic carbocycles. The first-order valence-corrected chi connectivity index (χ1v) is 4.79. The van der Waals surface area contributed by atoms with E-state index < -0.39 is 5.97 Å². The average Bonchev–Trinajstić information content (AvgIpc) is 2.24. The van der Waals surface area contributed by atoms with Crippen LogP contribution in [0.4, 0.5) is 0 Å². The molecule has 16 heavy (non-hydrogen) atoms. The third kappa shape index (κ3) is 12.2. The molecule has 0 unspecified atom stereocenters. The number of benzene rings is 1. The highest BCUT2D eigenvalue weighted by molar-refractivity contribution is 5.66. The summed E-state index contributed by atoms with van der Waals surface area (Å²) < 4.78 is 0. The van der Waals surface area contributed by atoms with Crippen molar-refractivity contribution in [3.05, 3.63) is 24.3 Å². The number of carbonyl (C=O) groups is 1. The zero-order valence-electron chi connectivity index (χ0n) is 9.42. The van der Waals surface area contributed by atoms with E-state index in [0.717, 1.165) is 0 Å². The Labute approximate surface area is 94.6 Å². The van der Waals surface area contributed by atoms with E-state index in [1.54, 1.807) is 26.0 Å². The van der Waals surface area contributed by atoms with Gasteiger partial charge in [-0.15, -0.1) is 0 Å². The number of phenolic OH excluding ortho intramolecular Hbond substituents is 2. The van der Waals surface area contributed by atoms with Gasteiger partial charge in [0.1, 0.15) is 0 Å². The minimum Gasteiger partial charge on any atom is -0.504 e. The van der Waals surface area contributed by atoms with Crippen LogP contribution in [0.2, 0.25) is 0 Å². The molecule has 1 aromatic rings. The van der Waals surface area contributed by atoms with E-state index in [9.17, 15) is 4.79 Å². The molecule has 0 atom stereocenters. The van der Waals surface area contributed by atoms with Crippen molar-refractivity contribution < 1.29 is 25.2 Å². The number of aliphatic hydroxyl groups is 1. The van der Waals surface area contributed by atoms with Gasteiger partial charge in [-0.2, -0.15) is 0 Å². The second-order valence-electron chi connectivity index (χ2n) is 2.55. The van der Waals surface area contributed by atoms with E-state index in [-0.39, 0.29) is 24.5 Å². The van der Waals surface area contributed by atoms with Crippen LogP contribution < -0.4 is 0 Å². The van der Waals surface area contributed by atoms with Crippen molar-refractivity contribution in [3.8, 4) is 11.5 Å². The van der Waals surface area contributed by atoms with E-state index in [1.807, 2.05) is 0 Å². The lowest BCUT2D eigenvalue weighted by Crippen LogP contribution is -1.86. The van der Waals surface area contributed by atoms with Crippen LogP contribution in [0.25, 0.3) is 0 Å². The highest BCUT2D eigenvalue weighted by atomic mass is 16.4. The predicted molar refractivity (Wildman–Crippen MR) is 60.5 cm³/mol. The summed E-state index contributed by atoms with van der Waals surface area (Å²) in [5.74, 6) is -0.898. The van der Waals surface area contributed by atoms with E-state index in [4.69, 9.17) is 20.4 Å². The fourth-order valence-corrected chi connectivity index (χ4v) is 0.464. The smallest absolute Gasteiger partial charge is 0.303 e. The van der Waals surface area contributed by atoms with Gasteiger partial charge in [0.2, 0.25) is 0 Å². The number of carboxylic acid groups (broad SMARTS) is 1. The van der Waals surface area contributed by atoms with E-state index in [1.165, 1.54) is 12.1 Å². The maximum atomic E-state index is 9.37. The van der Waals surface area contributed by atoms with E-state index >= 15 is 0 Å². The van der Waals surface area contributed by atoms with Crippen molar-refractivity contribution in [2.45, 2.75) is 20.3 Å². The Balaban J connectivity index is 0. The molecule has 92 valence electrons. The minimum atomic E-state index is -0.745. The van der Waals surface area contributed by atoms with Crippen molar-refractivity contribution in [2.24, 2.45) is 0 Å². The molecule has 1 rings (SSSR count). The van der Waals surface area contributed by atoms with Crippen molar-refractivity contribution in [3.63, 3.8) is 0 Å². The summed E-state index contributed by atoms with van der Waals surface area (Å²) in [6.07, 6.45) is 0.222. The van der Waals surface area contributed by atoms with Gasteiger partial charge in [-0.25, -0.2) is 0 Å². The maximum Gasteiger partial charge on any atom is 0.303 e. The Kier molecular flexibility index (Phi) is 11.8. The van der Waals surface area contributed by atoms with Gasteiger partial charge in [-0.1, -0.05) is 19.1 Å². The van der Waals surface area contributed by atoms with Crippen molar-refractivity contribution in [1.82, 2.24) is 0 Å². The fourth-order valence-electron chi connectivity index (χ4n) is 0.464. The minimum absolute atomic E-state index is 0.0764. The molecule has 5 nitrogen and oxygen atoms in total.